The lowest BCUT2D eigenvalue weighted by atomic mass is 10.1. The molecule has 2 aromatic carbocycles. The second-order valence-electron chi connectivity index (χ2n) is 4.35. The number of rotatable bonds is 2. The summed E-state index contributed by atoms with van der Waals surface area (Å²) in [7, 11) is 0. The average molecular weight is 292 g/mol. The van der Waals surface area contributed by atoms with Crippen molar-refractivity contribution >= 4 is 17.3 Å². The molecule has 0 aliphatic carbocycles. The van der Waals surface area contributed by atoms with Gasteiger partial charge in [0.05, 0.1) is 11.3 Å². The molecule has 0 aromatic heterocycles. The molecular formula is C14H10F2N2O3. The van der Waals surface area contributed by atoms with Crippen LogP contribution < -0.4 is 20.5 Å². The first kappa shape index (κ1) is 13.2. The van der Waals surface area contributed by atoms with Crippen LogP contribution in [-0.2, 0) is 0 Å². The smallest absolute Gasteiger partial charge is 0.257 e. The van der Waals surface area contributed by atoms with Gasteiger partial charge in [-0.05, 0) is 18.2 Å². The van der Waals surface area contributed by atoms with E-state index in [0.717, 1.165) is 6.07 Å². The summed E-state index contributed by atoms with van der Waals surface area (Å²) in [4.78, 5) is 12.1. The number of carbonyl (C=O) groups excluding carboxylic acids is 1. The van der Waals surface area contributed by atoms with Gasteiger partial charge in [-0.15, -0.1) is 0 Å². The maximum Gasteiger partial charge on any atom is 0.257 e. The Bertz CT molecular complexity index is 734. The summed E-state index contributed by atoms with van der Waals surface area (Å²) >= 11 is 0. The highest BCUT2D eigenvalue weighted by atomic mass is 19.2. The van der Waals surface area contributed by atoms with Gasteiger partial charge in [0.15, 0.2) is 23.1 Å². The molecule has 3 rings (SSSR count). The highest BCUT2D eigenvalue weighted by Crippen LogP contribution is 2.36. The Morgan fingerprint density at radius 1 is 1.19 bits per heavy atom. The van der Waals surface area contributed by atoms with Crippen LogP contribution in [-0.4, -0.2) is 12.7 Å². The van der Waals surface area contributed by atoms with E-state index in [1.807, 2.05) is 0 Å². The fourth-order valence-electron chi connectivity index (χ4n) is 1.94. The third kappa shape index (κ3) is 2.33. The van der Waals surface area contributed by atoms with Crippen LogP contribution in [0.5, 0.6) is 11.5 Å². The standard InChI is InChI=1S/C14H10F2N2O3/c15-8-2-1-3-10(13(8)16)18-14(19)7-4-11-12(5-9(7)17)21-6-20-11/h1-5H,6,17H2,(H,18,19). The molecule has 0 atom stereocenters. The van der Waals surface area contributed by atoms with Crippen LogP contribution in [0, 0.1) is 11.6 Å². The second kappa shape index (κ2) is 4.93. The number of hydrogen-bond acceptors (Lipinski definition) is 4. The maximum absolute atomic E-state index is 13.5. The molecule has 0 fully saturated rings. The number of fused-ring (bicyclic) bond motifs is 1. The lowest BCUT2D eigenvalue weighted by molar-refractivity contribution is 0.102. The summed E-state index contributed by atoms with van der Waals surface area (Å²) in [6, 6.07) is 6.33. The van der Waals surface area contributed by atoms with Crippen LogP contribution in [0.2, 0.25) is 0 Å². The van der Waals surface area contributed by atoms with Crippen molar-refractivity contribution in [1.82, 2.24) is 0 Å². The fraction of sp³-hybridized carbons (Fsp3) is 0.0714. The highest BCUT2D eigenvalue weighted by molar-refractivity contribution is 6.08. The van der Waals surface area contributed by atoms with E-state index in [4.69, 9.17) is 15.2 Å². The minimum absolute atomic E-state index is 0.0400. The van der Waals surface area contributed by atoms with Crippen LogP contribution in [0.1, 0.15) is 10.4 Å². The van der Waals surface area contributed by atoms with Gasteiger partial charge in [0.2, 0.25) is 6.79 Å². The average Bonchev–Trinajstić information content (AvgIpc) is 2.90. The van der Waals surface area contributed by atoms with E-state index in [0.29, 0.717) is 11.5 Å². The number of nitrogen functional groups attached to an aromatic ring is 1. The van der Waals surface area contributed by atoms with Crippen molar-refractivity contribution in [2.45, 2.75) is 0 Å². The van der Waals surface area contributed by atoms with E-state index >= 15 is 0 Å². The number of benzene rings is 2. The van der Waals surface area contributed by atoms with E-state index in [9.17, 15) is 13.6 Å². The van der Waals surface area contributed by atoms with Gasteiger partial charge in [0.25, 0.3) is 5.91 Å². The third-order valence-electron chi connectivity index (χ3n) is 2.99. The summed E-state index contributed by atoms with van der Waals surface area (Å²) in [5, 5.41) is 2.27. The predicted molar refractivity (Wildman–Crippen MR) is 71.3 cm³/mol. The molecule has 1 amide bonds. The molecule has 5 nitrogen and oxygen atoms in total. The normalized spacial score (nSPS) is 12.3. The van der Waals surface area contributed by atoms with Crippen molar-refractivity contribution < 1.29 is 23.0 Å². The number of nitrogens with two attached hydrogens (primary N) is 1. The zero-order valence-corrected chi connectivity index (χ0v) is 10.7. The molecular weight excluding hydrogens is 282 g/mol. The van der Waals surface area contributed by atoms with Crippen molar-refractivity contribution in [3.8, 4) is 11.5 Å². The van der Waals surface area contributed by atoms with Crippen molar-refractivity contribution in [2.24, 2.45) is 0 Å². The van der Waals surface area contributed by atoms with Crippen molar-refractivity contribution in [3.63, 3.8) is 0 Å². The number of anilines is 2. The first-order chi connectivity index (χ1) is 10.1. The van der Waals surface area contributed by atoms with E-state index in [-0.39, 0.29) is 23.7 Å². The topological polar surface area (TPSA) is 73.6 Å². The molecule has 0 radical (unpaired) electrons. The summed E-state index contributed by atoms with van der Waals surface area (Å²) in [5.41, 5.74) is 5.72. The van der Waals surface area contributed by atoms with Gasteiger partial charge in [0, 0.05) is 11.8 Å². The van der Waals surface area contributed by atoms with Gasteiger partial charge in [-0.25, -0.2) is 8.78 Å². The first-order valence-corrected chi connectivity index (χ1v) is 6.01. The molecule has 21 heavy (non-hydrogen) atoms. The molecule has 0 unspecified atom stereocenters. The van der Waals surface area contributed by atoms with Gasteiger partial charge in [-0.1, -0.05) is 6.07 Å². The van der Waals surface area contributed by atoms with Crippen LogP contribution in [0.25, 0.3) is 0 Å². The number of halogens is 2. The molecule has 1 aliphatic heterocycles. The van der Waals surface area contributed by atoms with Gasteiger partial charge in [0.1, 0.15) is 0 Å². The Morgan fingerprint density at radius 3 is 2.67 bits per heavy atom. The molecule has 0 bridgehead atoms. The zero-order chi connectivity index (χ0) is 15.0. The lowest BCUT2D eigenvalue weighted by Crippen LogP contribution is -2.15. The summed E-state index contributed by atoms with van der Waals surface area (Å²) in [5.74, 6) is -2.05. The van der Waals surface area contributed by atoms with Gasteiger partial charge < -0.3 is 20.5 Å². The molecule has 1 heterocycles. The lowest BCUT2D eigenvalue weighted by Gasteiger charge is -2.09. The molecule has 3 N–H and O–H groups in total. The van der Waals surface area contributed by atoms with Crippen LogP contribution in [0.3, 0.4) is 0 Å². The van der Waals surface area contributed by atoms with Crippen molar-refractivity contribution in [1.29, 1.82) is 0 Å². The van der Waals surface area contributed by atoms with E-state index in [1.54, 1.807) is 0 Å². The number of hydrogen-bond donors (Lipinski definition) is 2. The van der Waals surface area contributed by atoms with Crippen LogP contribution in [0.15, 0.2) is 30.3 Å². The molecule has 108 valence electrons. The molecule has 1 aliphatic rings. The van der Waals surface area contributed by atoms with Crippen LogP contribution in [0.4, 0.5) is 20.2 Å². The minimum Gasteiger partial charge on any atom is -0.454 e. The molecule has 0 spiro atoms. The minimum atomic E-state index is -1.13. The molecule has 2 aromatic rings. The Balaban J connectivity index is 1.91. The number of ether oxygens (including phenoxy) is 2. The molecule has 0 saturated carbocycles. The Morgan fingerprint density at radius 2 is 1.90 bits per heavy atom. The number of nitrogens with one attached hydrogen (secondary N) is 1. The number of carbonyl (C=O) groups is 1. The Kier molecular flexibility index (Phi) is 3.09. The van der Waals surface area contributed by atoms with Crippen molar-refractivity contribution in [3.05, 3.63) is 47.5 Å². The summed E-state index contributed by atoms with van der Waals surface area (Å²) < 4.78 is 36.9. The zero-order valence-electron chi connectivity index (χ0n) is 10.7. The van der Waals surface area contributed by atoms with Crippen LogP contribution >= 0.6 is 0 Å². The van der Waals surface area contributed by atoms with E-state index < -0.39 is 17.5 Å². The Hall–Kier alpha value is -2.83. The Labute approximate surface area is 118 Å². The quantitative estimate of drug-likeness (QED) is 0.834. The highest BCUT2D eigenvalue weighted by Gasteiger charge is 2.20. The maximum atomic E-state index is 13.5. The second-order valence-corrected chi connectivity index (χ2v) is 4.35. The summed E-state index contributed by atoms with van der Waals surface area (Å²) in [6.07, 6.45) is 0. The SMILES string of the molecule is Nc1cc2c(cc1C(=O)Nc1cccc(F)c1F)OCO2. The van der Waals surface area contributed by atoms with Crippen molar-refractivity contribution in [2.75, 3.05) is 17.8 Å². The fourth-order valence-corrected chi connectivity index (χ4v) is 1.94. The van der Waals surface area contributed by atoms with Gasteiger partial charge in [-0.3, -0.25) is 4.79 Å². The summed E-state index contributed by atoms with van der Waals surface area (Å²) in [6.45, 7) is 0.0400. The first-order valence-electron chi connectivity index (χ1n) is 6.01. The third-order valence-corrected chi connectivity index (χ3v) is 2.99. The monoisotopic (exact) mass is 292 g/mol. The largest absolute Gasteiger partial charge is 0.454 e. The van der Waals surface area contributed by atoms with Gasteiger partial charge >= 0.3 is 0 Å². The molecule has 0 saturated heterocycles. The molecule has 7 heteroatoms. The van der Waals surface area contributed by atoms with E-state index in [1.165, 1.54) is 24.3 Å². The number of amides is 1. The van der Waals surface area contributed by atoms with Gasteiger partial charge in [-0.2, -0.15) is 0 Å². The van der Waals surface area contributed by atoms with E-state index in [2.05, 4.69) is 5.32 Å². The predicted octanol–water partition coefficient (Wildman–Crippen LogP) is 2.53.